The highest BCUT2D eigenvalue weighted by molar-refractivity contribution is 7.23. The van der Waals surface area contributed by atoms with E-state index in [0.717, 1.165) is 6.42 Å². The molecule has 1 heteroatoms. The fourth-order valence-corrected chi connectivity index (χ4v) is 1.39. The van der Waals surface area contributed by atoms with Gasteiger partial charge in [-0.05, 0) is 6.42 Å². The van der Waals surface area contributed by atoms with Crippen LogP contribution in [-0.4, -0.2) is 0 Å². The molecule has 0 saturated heterocycles. The summed E-state index contributed by atoms with van der Waals surface area (Å²) < 4.78 is 0. The molecule has 0 aromatic heterocycles. The molecule has 70 valence electrons. The van der Waals surface area contributed by atoms with Crippen LogP contribution < -0.4 is 0 Å². The van der Waals surface area contributed by atoms with Crippen LogP contribution in [0.4, 0.5) is 0 Å². The van der Waals surface area contributed by atoms with Crippen LogP contribution in [-0.2, 0) is 0 Å². The SMILES string of the molecule is CCCCCCCCCC#CP. The van der Waals surface area contributed by atoms with Crippen molar-refractivity contribution in [1.29, 1.82) is 0 Å². The second-order valence-electron chi connectivity index (χ2n) is 3.19. The Morgan fingerprint density at radius 1 is 0.917 bits per heavy atom. The first-order chi connectivity index (χ1) is 5.91. The van der Waals surface area contributed by atoms with Crippen molar-refractivity contribution in [2.24, 2.45) is 0 Å². The van der Waals surface area contributed by atoms with Gasteiger partial charge in [0.15, 0.2) is 0 Å². The van der Waals surface area contributed by atoms with Gasteiger partial charge >= 0.3 is 0 Å². The van der Waals surface area contributed by atoms with Gasteiger partial charge in [0.25, 0.3) is 0 Å². The summed E-state index contributed by atoms with van der Waals surface area (Å²) in [6.45, 7) is 2.26. The average molecular weight is 184 g/mol. The van der Waals surface area contributed by atoms with E-state index in [1.807, 2.05) is 0 Å². The van der Waals surface area contributed by atoms with Gasteiger partial charge in [0.1, 0.15) is 0 Å². The molecule has 0 heterocycles. The van der Waals surface area contributed by atoms with Crippen molar-refractivity contribution in [2.45, 2.75) is 58.3 Å². The molecule has 0 aliphatic heterocycles. The molecule has 0 N–H and O–H groups in total. The summed E-state index contributed by atoms with van der Waals surface area (Å²) in [6, 6.07) is 0. The predicted octanol–water partition coefficient (Wildman–Crippen LogP) is 3.96. The Bertz CT molecular complexity index is 130. The van der Waals surface area contributed by atoms with E-state index in [2.05, 4.69) is 27.7 Å². The first-order valence-electron chi connectivity index (χ1n) is 5.10. The van der Waals surface area contributed by atoms with Crippen molar-refractivity contribution < 1.29 is 0 Å². The standard InChI is InChI=1S/C11H21P/c1-2-3-4-5-6-7-8-9-10-11-12/h2-9,12H2,1H3. The third-order valence-corrected chi connectivity index (χ3v) is 2.21. The Morgan fingerprint density at radius 3 is 2.08 bits per heavy atom. The molecule has 0 bridgehead atoms. The smallest absolute Gasteiger partial charge is 0.00919 e. The molecule has 0 aromatic rings. The van der Waals surface area contributed by atoms with E-state index in [4.69, 9.17) is 0 Å². The fraction of sp³-hybridized carbons (Fsp3) is 0.818. The van der Waals surface area contributed by atoms with Gasteiger partial charge in [-0.25, -0.2) is 0 Å². The molecule has 0 nitrogen and oxygen atoms in total. The molecule has 1 unspecified atom stereocenters. The second kappa shape index (κ2) is 11.0. The van der Waals surface area contributed by atoms with Gasteiger partial charge in [0, 0.05) is 6.42 Å². The minimum Gasteiger partial charge on any atom is -0.0992 e. The highest BCUT2D eigenvalue weighted by Crippen LogP contribution is 2.07. The lowest BCUT2D eigenvalue weighted by molar-refractivity contribution is 0.594. The highest BCUT2D eigenvalue weighted by atomic mass is 31.0. The fourth-order valence-electron chi connectivity index (χ4n) is 1.24. The number of rotatable bonds is 7. The molecule has 12 heavy (non-hydrogen) atoms. The Kier molecular flexibility index (Phi) is 11.0. The molecule has 0 rings (SSSR count). The van der Waals surface area contributed by atoms with Crippen LogP contribution in [0.2, 0.25) is 0 Å². The lowest BCUT2D eigenvalue weighted by Crippen LogP contribution is -1.78. The molecule has 0 amide bonds. The molecule has 0 fully saturated rings. The summed E-state index contributed by atoms with van der Waals surface area (Å²) in [6.07, 6.45) is 10.7. The molecule has 0 radical (unpaired) electrons. The first-order valence-corrected chi connectivity index (χ1v) is 5.68. The van der Waals surface area contributed by atoms with Crippen LogP contribution in [0.25, 0.3) is 0 Å². The van der Waals surface area contributed by atoms with E-state index in [1.165, 1.54) is 44.9 Å². The molecule has 0 aromatic carbocycles. The maximum atomic E-state index is 3.06. The monoisotopic (exact) mass is 184 g/mol. The zero-order chi connectivity index (χ0) is 9.07. The van der Waals surface area contributed by atoms with Crippen LogP contribution in [0, 0.1) is 11.6 Å². The Labute approximate surface area is 79.7 Å². The number of unbranched alkanes of at least 4 members (excludes halogenated alkanes) is 7. The summed E-state index contributed by atoms with van der Waals surface area (Å²) >= 11 is 0. The lowest BCUT2D eigenvalue weighted by atomic mass is 10.1. The van der Waals surface area contributed by atoms with Crippen LogP contribution in [0.1, 0.15) is 58.3 Å². The molecule has 0 saturated carbocycles. The van der Waals surface area contributed by atoms with Crippen molar-refractivity contribution >= 4 is 9.24 Å². The third kappa shape index (κ3) is 9.99. The summed E-state index contributed by atoms with van der Waals surface area (Å²) in [5.74, 6) is 3.06. The van der Waals surface area contributed by atoms with Crippen LogP contribution in [0.15, 0.2) is 0 Å². The van der Waals surface area contributed by atoms with Gasteiger partial charge in [-0.2, -0.15) is 0 Å². The lowest BCUT2D eigenvalue weighted by Gasteiger charge is -1.97. The van der Waals surface area contributed by atoms with E-state index >= 15 is 0 Å². The third-order valence-electron chi connectivity index (χ3n) is 2.01. The normalized spacial score (nSPS) is 9.17. The van der Waals surface area contributed by atoms with E-state index in [0.29, 0.717) is 0 Å². The number of hydrogen-bond donors (Lipinski definition) is 0. The largest absolute Gasteiger partial charge is 0.0992 e. The van der Waals surface area contributed by atoms with Gasteiger partial charge in [0.2, 0.25) is 0 Å². The first kappa shape index (κ1) is 12.0. The molecule has 0 aliphatic carbocycles. The van der Waals surface area contributed by atoms with E-state index in [-0.39, 0.29) is 0 Å². The zero-order valence-corrected chi connectivity index (χ0v) is 9.39. The predicted molar refractivity (Wildman–Crippen MR) is 60.1 cm³/mol. The Hall–Kier alpha value is -0.0100. The van der Waals surface area contributed by atoms with Crippen LogP contribution >= 0.6 is 9.24 Å². The van der Waals surface area contributed by atoms with Gasteiger partial charge in [-0.1, -0.05) is 66.3 Å². The zero-order valence-electron chi connectivity index (χ0n) is 8.23. The van der Waals surface area contributed by atoms with Gasteiger partial charge in [-0.3, -0.25) is 0 Å². The summed E-state index contributed by atoms with van der Waals surface area (Å²) in [5.41, 5.74) is 2.85. The molecule has 0 spiro atoms. The van der Waals surface area contributed by atoms with Crippen molar-refractivity contribution in [3.05, 3.63) is 0 Å². The van der Waals surface area contributed by atoms with Crippen LogP contribution in [0.5, 0.6) is 0 Å². The molecule has 1 atom stereocenters. The minimum absolute atomic E-state index is 1.08. The molecular formula is C11H21P. The highest BCUT2D eigenvalue weighted by Gasteiger charge is 1.88. The summed E-state index contributed by atoms with van der Waals surface area (Å²) in [4.78, 5) is 0. The van der Waals surface area contributed by atoms with Crippen molar-refractivity contribution in [2.75, 3.05) is 0 Å². The van der Waals surface area contributed by atoms with Crippen molar-refractivity contribution in [3.8, 4) is 11.6 Å². The van der Waals surface area contributed by atoms with Crippen molar-refractivity contribution in [3.63, 3.8) is 0 Å². The van der Waals surface area contributed by atoms with Crippen LogP contribution in [0.3, 0.4) is 0 Å². The average Bonchev–Trinajstić information content (AvgIpc) is 2.10. The summed E-state index contributed by atoms with van der Waals surface area (Å²) in [5, 5.41) is 0. The van der Waals surface area contributed by atoms with E-state index in [9.17, 15) is 0 Å². The Balaban J connectivity index is 2.84. The molecule has 0 aliphatic rings. The van der Waals surface area contributed by atoms with E-state index in [1.54, 1.807) is 0 Å². The molecular weight excluding hydrogens is 163 g/mol. The van der Waals surface area contributed by atoms with Crippen molar-refractivity contribution in [1.82, 2.24) is 0 Å². The maximum Gasteiger partial charge on any atom is 0.00919 e. The number of hydrogen-bond acceptors (Lipinski definition) is 0. The second-order valence-corrected chi connectivity index (χ2v) is 3.48. The van der Waals surface area contributed by atoms with Gasteiger partial charge in [-0.15, -0.1) is 0 Å². The minimum atomic E-state index is 1.08. The Morgan fingerprint density at radius 2 is 1.50 bits per heavy atom. The topological polar surface area (TPSA) is 0 Å². The van der Waals surface area contributed by atoms with E-state index < -0.39 is 0 Å². The van der Waals surface area contributed by atoms with Gasteiger partial charge < -0.3 is 0 Å². The van der Waals surface area contributed by atoms with Gasteiger partial charge in [0.05, 0.1) is 0 Å². The maximum absolute atomic E-state index is 3.06. The quantitative estimate of drug-likeness (QED) is 0.319. The summed E-state index contributed by atoms with van der Waals surface area (Å²) in [7, 11) is 2.44.